The Hall–Kier alpha value is -1.30. The average Bonchev–Trinajstić information content (AvgIpc) is 2.35. The topological polar surface area (TPSA) is 49.3 Å². The highest BCUT2D eigenvalue weighted by Gasteiger charge is 2.18. The number of aromatic carboxylic acids is 1. The van der Waals surface area contributed by atoms with Crippen LogP contribution in [-0.4, -0.2) is 28.6 Å². The van der Waals surface area contributed by atoms with Gasteiger partial charge in [0.25, 0.3) is 0 Å². The van der Waals surface area contributed by atoms with Gasteiger partial charge in [0.05, 0.1) is 11.3 Å². The minimum atomic E-state index is -1.48. The molecule has 0 heterocycles. The molecule has 0 bridgehead atoms. The second-order valence-corrected chi connectivity index (χ2v) is 5.52. The monoisotopic (exact) mass is 289 g/mol. The van der Waals surface area contributed by atoms with E-state index in [9.17, 15) is 13.6 Å². The molecular formula is C13H17F2NO2S. The van der Waals surface area contributed by atoms with Crippen molar-refractivity contribution in [2.75, 3.05) is 16.8 Å². The molecule has 2 N–H and O–H groups in total. The Morgan fingerprint density at radius 2 is 2.11 bits per heavy atom. The van der Waals surface area contributed by atoms with Crippen LogP contribution in [0.4, 0.5) is 14.5 Å². The van der Waals surface area contributed by atoms with Crippen molar-refractivity contribution in [1.82, 2.24) is 0 Å². The van der Waals surface area contributed by atoms with E-state index in [2.05, 4.69) is 12.2 Å². The molecule has 1 rings (SSSR count). The maximum atomic E-state index is 13.7. The number of anilines is 1. The molecule has 0 aliphatic rings. The van der Waals surface area contributed by atoms with Crippen molar-refractivity contribution in [1.29, 1.82) is 0 Å². The molecule has 0 aromatic heterocycles. The first-order valence-corrected chi connectivity index (χ1v) is 7.18. The summed E-state index contributed by atoms with van der Waals surface area (Å²) in [6, 6.07) is 2.31. The molecule has 6 heteroatoms. The van der Waals surface area contributed by atoms with E-state index in [1.165, 1.54) is 6.07 Å². The van der Waals surface area contributed by atoms with Crippen molar-refractivity contribution >= 4 is 23.4 Å². The van der Waals surface area contributed by atoms with Crippen molar-refractivity contribution in [2.24, 2.45) is 0 Å². The first-order valence-electron chi connectivity index (χ1n) is 6.03. The maximum absolute atomic E-state index is 13.7. The van der Waals surface area contributed by atoms with E-state index in [4.69, 9.17) is 5.11 Å². The second kappa shape index (κ2) is 7.33. The third-order valence-electron chi connectivity index (χ3n) is 2.61. The van der Waals surface area contributed by atoms with Crippen LogP contribution in [0.5, 0.6) is 0 Å². The van der Waals surface area contributed by atoms with Crippen molar-refractivity contribution in [3.05, 3.63) is 29.3 Å². The number of rotatable bonds is 7. The number of carboxylic acid groups (broad SMARTS) is 1. The largest absolute Gasteiger partial charge is 0.478 e. The van der Waals surface area contributed by atoms with Crippen LogP contribution < -0.4 is 5.32 Å². The highest BCUT2D eigenvalue weighted by Crippen LogP contribution is 2.22. The third kappa shape index (κ3) is 4.38. The normalized spacial score (nSPS) is 12.2. The molecule has 3 nitrogen and oxygen atoms in total. The minimum absolute atomic E-state index is 0.00324. The first kappa shape index (κ1) is 15.8. The molecule has 0 aliphatic heterocycles. The molecule has 0 saturated heterocycles. The summed E-state index contributed by atoms with van der Waals surface area (Å²) < 4.78 is 27.1. The number of hydrogen-bond acceptors (Lipinski definition) is 3. The van der Waals surface area contributed by atoms with Gasteiger partial charge in [-0.3, -0.25) is 0 Å². The van der Waals surface area contributed by atoms with Gasteiger partial charge < -0.3 is 10.4 Å². The number of nitrogens with one attached hydrogen (secondary N) is 1. The van der Waals surface area contributed by atoms with Crippen LogP contribution >= 0.6 is 11.8 Å². The lowest BCUT2D eigenvalue weighted by Gasteiger charge is -2.16. The predicted octanol–water partition coefficient (Wildman–Crippen LogP) is 3.61. The summed E-state index contributed by atoms with van der Waals surface area (Å²) in [5, 5.41) is 11.5. The Kier molecular flexibility index (Phi) is 6.08. The molecule has 19 heavy (non-hydrogen) atoms. The zero-order valence-corrected chi connectivity index (χ0v) is 11.7. The van der Waals surface area contributed by atoms with E-state index < -0.39 is 23.2 Å². The highest BCUT2D eigenvalue weighted by molar-refractivity contribution is 7.99. The van der Waals surface area contributed by atoms with Gasteiger partial charge in [0.1, 0.15) is 0 Å². The van der Waals surface area contributed by atoms with Crippen LogP contribution in [-0.2, 0) is 0 Å². The number of hydrogen-bond donors (Lipinski definition) is 2. The highest BCUT2D eigenvalue weighted by atomic mass is 32.2. The van der Waals surface area contributed by atoms with Gasteiger partial charge in [-0.2, -0.15) is 11.8 Å². The molecule has 0 spiro atoms. The van der Waals surface area contributed by atoms with Crippen molar-refractivity contribution < 1.29 is 18.7 Å². The van der Waals surface area contributed by atoms with E-state index in [0.29, 0.717) is 0 Å². The first-order chi connectivity index (χ1) is 8.97. The maximum Gasteiger partial charge on any atom is 0.338 e. The van der Waals surface area contributed by atoms with Crippen LogP contribution in [0, 0.1) is 11.6 Å². The number of thioether (sulfide) groups is 1. The fourth-order valence-corrected chi connectivity index (χ4v) is 2.38. The van der Waals surface area contributed by atoms with E-state index in [1.807, 2.05) is 6.92 Å². The summed E-state index contributed by atoms with van der Waals surface area (Å²) in [6.45, 7) is 3.93. The van der Waals surface area contributed by atoms with Gasteiger partial charge in [-0.25, -0.2) is 13.6 Å². The molecule has 1 aromatic carbocycles. The van der Waals surface area contributed by atoms with Crippen molar-refractivity contribution in [2.45, 2.75) is 26.3 Å². The Bertz CT molecular complexity index is 455. The van der Waals surface area contributed by atoms with Gasteiger partial charge in [-0.1, -0.05) is 6.92 Å². The summed E-state index contributed by atoms with van der Waals surface area (Å²) in [7, 11) is 0. The Balaban J connectivity index is 2.74. The molecule has 1 unspecified atom stereocenters. The molecule has 0 amide bonds. The molecular weight excluding hydrogens is 272 g/mol. The van der Waals surface area contributed by atoms with Crippen molar-refractivity contribution in [3.63, 3.8) is 0 Å². The summed E-state index contributed by atoms with van der Waals surface area (Å²) in [5.41, 5.74) is -0.659. The second-order valence-electron chi connectivity index (χ2n) is 4.12. The quantitative estimate of drug-likeness (QED) is 0.753. The van der Waals surface area contributed by atoms with Crippen LogP contribution in [0.25, 0.3) is 0 Å². The number of carbonyl (C=O) groups is 1. The van der Waals surface area contributed by atoms with Crippen molar-refractivity contribution in [3.8, 4) is 0 Å². The van der Waals surface area contributed by atoms with Gasteiger partial charge in [0.2, 0.25) is 0 Å². The number of carboxylic acids is 1. The van der Waals surface area contributed by atoms with Gasteiger partial charge in [0.15, 0.2) is 11.6 Å². The third-order valence-corrected chi connectivity index (χ3v) is 3.55. The lowest BCUT2D eigenvalue weighted by molar-refractivity contribution is 0.0690. The fraction of sp³-hybridized carbons (Fsp3) is 0.462. The zero-order chi connectivity index (χ0) is 14.4. The van der Waals surface area contributed by atoms with E-state index in [0.717, 1.165) is 24.0 Å². The Morgan fingerprint density at radius 3 is 2.68 bits per heavy atom. The summed E-state index contributed by atoms with van der Waals surface area (Å²) in [4.78, 5) is 10.7. The van der Waals surface area contributed by atoms with E-state index in [1.54, 1.807) is 11.8 Å². The average molecular weight is 289 g/mol. The van der Waals surface area contributed by atoms with E-state index in [-0.39, 0.29) is 11.7 Å². The van der Waals surface area contributed by atoms with Crippen LogP contribution in [0.3, 0.4) is 0 Å². The molecule has 1 aromatic rings. The van der Waals surface area contributed by atoms with Gasteiger partial charge in [-0.05, 0) is 37.0 Å². The molecule has 106 valence electrons. The molecule has 0 aliphatic carbocycles. The summed E-state index contributed by atoms with van der Waals surface area (Å²) in [5.74, 6) is -2.00. The van der Waals surface area contributed by atoms with Gasteiger partial charge in [0, 0.05) is 6.04 Å². The minimum Gasteiger partial charge on any atom is -0.478 e. The van der Waals surface area contributed by atoms with Crippen LogP contribution in [0.1, 0.15) is 30.6 Å². The Labute approximate surface area is 115 Å². The standard InChI is InChI=1S/C13H17F2NO2S/c1-3-19-7-6-8(2)16-10-5-4-9(13(17)18)11(14)12(10)15/h4-5,8,16H,3,6-7H2,1-2H3,(H,17,18). The van der Waals surface area contributed by atoms with Gasteiger partial charge in [-0.15, -0.1) is 0 Å². The van der Waals surface area contributed by atoms with Gasteiger partial charge >= 0.3 is 5.97 Å². The molecule has 0 radical (unpaired) electrons. The summed E-state index contributed by atoms with van der Waals surface area (Å²) in [6.07, 6.45) is 0.820. The summed E-state index contributed by atoms with van der Waals surface area (Å²) >= 11 is 1.78. The lowest BCUT2D eigenvalue weighted by Crippen LogP contribution is -2.18. The van der Waals surface area contributed by atoms with Crippen LogP contribution in [0.2, 0.25) is 0 Å². The smallest absolute Gasteiger partial charge is 0.338 e. The number of halogens is 2. The van der Waals surface area contributed by atoms with Crippen LogP contribution in [0.15, 0.2) is 12.1 Å². The molecule has 0 fully saturated rings. The van der Waals surface area contributed by atoms with E-state index >= 15 is 0 Å². The number of benzene rings is 1. The fourth-order valence-electron chi connectivity index (χ4n) is 1.57. The zero-order valence-electron chi connectivity index (χ0n) is 10.9. The lowest BCUT2D eigenvalue weighted by atomic mass is 10.1. The molecule has 1 atom stereocenters. The predicted molar refractivity (Wildman–Crippen MR) is 74.0 cm³/mol. The SMILES string of the molecule is CCSCCC(C)Nc1ccc(C(=O)O)c(F)c1F. The molecule has 0 saturated carbocycles. The Morgan fingerprint density at radius 1 is 1.42 bits per heavy atom.